The molecule has 3 aromatic rings. The van der Waals surface area contributed by atoms with E-state index in [9.17, 15) is 9.59 Å². The Bertz CT molecular complexity index is 1050. The molecular weight excluding hydrogens is 330 g/mol. The molecule has 1 amide bonds. The number of carbonyl (C=O) groups is 1. The summed E-state index contributed by atoms with van der Waals surface area (Å²) in [5.41, 5.74) is 2.75. The maximum absolute atomic E-state index is 12.6. The summed E-state index contributed by atoms with van der Waals surface area (Å²) in [5.74, 6) is 0.497. The van der Waals surface area contributed by atoms with E-state index in [-0.39, 0.29) is 5.56 Å². The van der Waals surface area contributed by atoms with Crippen molar-refractivity contribution in [3.8, 4) is 5.69 Å². The molecule has 7 nitrogen and oxygen atoms in total. The summed E-state index contributed by atoms with van der Waals surface area (Å²) in [6, 6.07) is 9.31. The van der Waals surface area contributed by atoms with Crippen molar-refractivity contribution in [1.29, 1.82) is 0 Å². The number of aromatic amines is 1. The highest BCUT2D eigenvalue weighted by atomic mass is 16.2. The van der Waals surface area contributed by atoms with Crippen LogP contribution in [0.2, 0.25) is 0 Å². The maximum Gasteiger partial charge on any atom is 0.263 e. The number of H-pyrrole nitrogens is 1. The Morgan fingerprint density at radius 2 is 2.04 bits per heavy atom. The number of rotatable bonds is 4. The van der Waals surface area contributed by atoms with Gasteiger partial charge in [-0.1, -0.05) is 12.1 Å². The van der Waals surface area contributed by atoms with Crippen molar-refractivity contribution in [2.24, 2.45) is 0 Å². The zero-order valence-electron chi connectivity index (χ0n) is 14.6. The zero-order valence-corrected chi connectivity index (χ0v) is 14.6. The fourth-order valence-corrected chi connectivity index (χ4v) is 2.96. The van der Waals surface area contributed by atoms with Crippen molar-refractivity contribution in [2.75, 3.05) is 5.32 Å². The number of hydrogen-bond donors (Lipinski definition) is 2. The van der Waals surface area contributed by atoms with Gasteiger partial charge in [0.15, 0.2) is 0 Å². The van der Waals surface area contributed by atoms with Gasteiger partial charge in [-0.3, -0.25) is 9.59 Å². The fourth-order valence-electron chi connectivity index (χ4n) is 2.96. The Morgan fingerprint density at radius 3 is 2.69 bits per heavy atom. The molecule has 0 spiro atoms. The van der Waals surface area contributed by atoms with Gasteiger partial charge in [0.1, 0.15) is 11.4 Å². The van der Waals surface area contributed by atoms with Crippen molar-refractivity contribution in [2.45, 2.75) is 32.6 Å². The van der Waals surface area contributed by atoms with Gasteiger partial charge in [-0.05, 0) is 44.9 Å². The van der Waals surface area contributed by atoms with E-state index < -0.39 is 11.5 Å². The molecule has 2 aromatic heterocycles. The third kappa shape index (κ3) is 3.03. The van der Waals surface area contributed by atoms with Crippen LogP contribution in [0.1, 0.15) is 46.3 Å². The van der Waals surface area contributed by atoms with Gasteiger partial charge in [-0.15, -0.1) is 0 Å². The van der Waals surface area contributed by atoms with Gasteiger partial charge in [0.25, 0.3) is 11.5 Å². The third-order valence-electron chi connectivity index (χ3n) is 4.42. The minimum absolute atomic E-state index is 0.00225. The number of benzene rings is 1. The molecule has 0 unspecified atom stereocenters. The quantitative estimate of drug-likeness (QED) is 0.757. The molecule has 132 valence electrons. The first-order valence-electron chi connectivity index (χ1n) is 8.56. The SMILES string of the molecule is Cc1cc(C)n(-c2ccccc2NC(=O)c2cnc(C3CC3)[nH]c2=O)n1. The van der Waals surface area contributed by atoms with Crippen molar-refractivity contribution < 1.29 is 4.79 Å². The van der Waals surface area contributed by atoms with Gasteiger partial charge in [0, 0.05) is 17.8 Å². The lowest BCUT2D eigenvalue weighted by atomic mass is 10.2. The highest BCUT2D eigenvalue weighted by Crippen LogP contribution is 2.37. The fraction of sp³-hybridized carbons (Fsp3) is 0.263. The van der Waals surface area contributed by atoms with Crippen molar-refractivity contribution in [1.82, 2.24) is 19.7 Å². The smallest absolute Gasteiger partial charge is 0.263 e. The molecule has 2 N–H and O–H groups in total. The molecule has 0 bridgehead atoms. The third-order valence-corrected chi connectivity index (χ3v) is 4.42. The van der Waals surface area contributed by atoms with Crippen LogP contribution in [0.3, 0.4) is 0 Å². The topological polar surface area (TPSA) is 92.7 Å². The summed E-state index contributed by atoms with van der Waals surface area (Å²) in [5, 5.41) is 7.27. The van der Waals surface area contributed by atoms with Crippen LogP contribution in [-0.2, 0) is 0 Å². The van der Waals surface area contributed by atoms with E-state index in [1.807, 2.05) is 38.1 Å². The lowest BCUT2D eigenvalue weighted by Crippen LogP contribution is -2.25. The minimum atomic E-state index is -0.491. The summed E-state index contributed by atoms with van der Waals surface area (Å²) in [6.07, 6.45) is 3.42. The minimum Gasteiger partial charge on any atom is -0.320 e. The summed E-state index contributed by atoms with van der Waals surface area (Å²) < 4.78 is 1.77. The second kappa shape index (κ2) is 6.25. The van der Waals surface area contributed by atoms with E-state index in [4.69, 9.17) is 0 Å². The molecule has 1 aliphatic carbocycles. The van der Waals surface area contributed by atoms with Gasteiger partial charge in [0.2, 0.25) is 0 Å². The first-order chi connectivity index (χ1) is 12.5. The molecule has 1 fully saturated rings. The van der Waals surface area contributed by atoms with Crippen LogP contribution in [0.4, 0.5) is 5.69 Å². The van der Waals surface area contributed by atoms with Gasteiger partial charge in [0.05, 0.1) is 17.1 Å². The van der Waals surface area contributed by atoms with Gasteiger partial charge < -0.3 is 10.3 Å². The monoisotopic (exact) mass is 349 g/mol. The molecule has 0 atom stereocenters. The predicted octanol–water partition coefficient (Wildman–Crippen LogP) is 2.70. The Balaban J connectivity index is 1.64. The number of hydrogen-bond acceptors (Lipinski definition) is 4. The Kier molecular flexibility index (Phi) is 3.91. The summed E-state index contributed by atoms with van der Waals surface area (Å²) in [4.78, 5) is 31.8. The molecule has 1 aromatic carbocycles. The molecule has 1 aliphatic rings. The summed E-state index contributed by atoms with van der Waals surface area (Å²) in [6.45, 7) is 3.86. The average Bonchev–Trinajstić information content (AvgIpc) is 3.40. The largest absolute Gasteiger partial charge is 0.320 e. The molecule has 0 aliphatic heterocycles. The number of nitrogens with zero attached hydrogens (tertiary/aromatic N) is 3. The van der Waals surface area contributed by atoms with E-state index in [0.717, 1.165) is 29.9 Å². The van der Waals surface area contributed by atoms with Gasteiger partial charge in [-0.25, -0.2) is 9.67 Å². The number of aromatic nitrogens is 4. The van der Waals surface area contributed by atoms with E-state index in [0.29, 0.717) is 17.4 Å². The normalized spacial score (nSPS) is 13.6. The number of para-hydroxylation sites is 2. The Morgan fingerprint density at radius 1 is 1.27 bits per heavy atom. The molecule has 0 saturated heterocycles. The number of nitrogens with one attached hydrogen (secondary N) is 2. The first kappa shape index (κ1) is 16.3. The second-order valence-corrected chi connectivity index (χ2v) is 6.60. The lowest BCUT2D eigenvalue weighted by Gasteiger charge is -2.12. The number of amides is 1. The molecule has 7 heteroatoms. The van der Waals surface area contributed by atoms with Crippen LogP contribution >= 0.6 is 0 Å². The molecule has 1 saturated carbocycles. The van der Waals surface area contributed by atoms with Crippen LogP contribution in [-0.4, -0.2) is 25.7 Å². The molecule has 26 heavy (non-hydrogen) atoms. The van der Waals surface area contributed by atoms with Crippen molar-refractivity contribution >= 4 is 11.6 Å². The number of aryl methyl sites for hydroxylation is 2. The highest BCUT2D eigenvalue weighted by Gasteiger charge is 2.26. The molecule has 2 heterocycles. The van der Waals surface area contributed by atoms with Crippen molar-refractivity contribution in [3.05, 3.63) is 69.7 Å². The van der Waals surface area contributed by atoms with Crippen LogP contribution in [0, 0.1) is 13.8 Å². The number of anilines is 1. The number of carbonyl (C=O) groups excluding carboxylic acids is 1. The second-order valence-electron chi connectivity index (χ2n) is 6.60. The summed E-state index contributed by atoms with van der Waals surface area (Å²) >= 11 is 0. The van der Waals surface area contributed by atoms with E-state index in [1.54, 1.807) is 10.7 Å². The average molecular weight is 349 g/mol. The predicted molar refractivity (Wildman–Crippen MR) is 97.8 cm³/mol. The van der Waals surface area contributed by atoms with Crippen LogP contribution in [0.25, 0.3) is 5.69 Å². The molecule has 0 radical (unpaired) electrons. The van der Waals surface area contributed by atoms with E-state index >= 15 is 0 Å². The van der Waals surface area contributed by atoms with Crippen LogP contribution < -0.4 is 10.9 Å². The maximum atomic E-state index is 12.6. The lowest BCUT2D eigenvalue weighted by molar-refractivity contribution is 0.102. The zero-order chi connectivity index (χ0) is 18.3. The van der Waals surface area contributed by atoms with E-state index in [1.165, 1.54) is 6.20 Å². The standard InChI is InChI=1S/C19H19N5O2/c1-11-9-12(2)24(23-11)16-6-4-3-5-15(16)21-18(25)14-10-20-17(13-7-8-13)22-19(14)26/h3-6,9-10,13H,7-8H2,1-2H3,(H,21,25)(H,20,22,26). The van der Waals surface area contributed by atoms with Gasteiger partial charge in [-0.2, -0.15) is 5.10 Å². The van der Waals surface area contributed by atoms with Crippen LogP contribution in [0.5, 0.6) is 0 Å². The van der Waals surface area contributed by atoms with E-state index in [2.05, 4.69) is 20.4 Å². The van der Waals surface area contributed by atoms with Crippen molar-refractivity contribution in [3.63, 3.8) is 0 Å². The molecule has 4 rings (SSSR count). The summed E-state index contributed by atoms with van der Waals surface area (Å²) in [7, 11) is 0. The Labute approximate surface area is 150 Å². The van der Waals surface area contributed by atoms with Gasteiger partial charge >= 0.3 is 0 Å². The first-order valence-corrected chi connectivity index (χ1v) is 8.56. The van der Waals surface area contributed by atoms with Crippen LogP contribution in [0.15, 0.2) is 41.3 Å². The Hall–Kier alpha value is -3.22. The molecular formula is C19H19N5O2. The highest BCUT2D eigenvalue weighted by molar-refractivity contribution is 6.04.